The normalized spacial score (nSPS) is 25.4. The van der Waals surface area contributed by atoms with Crippen molar-refractivity contribution in [2.75, 3.05) is 13.1 Å². The molecule has 1 aliphatic rings. The van der Waals surface area contributed by atoms with E-state index in [1.807, 2.05) is 12.1 Å². The highest BCUT2D eigenvalue weighted by Gasteiger charge is 2.27. The highest BCUT2D eigenvalue weighted by molar-refractivity contribution is 6.32. The molecule has 1 fully saturated rings. The highest BCUT2D eigenvalue weighted by atomic mass is 35.5. The van der Waals surface area contributed by atoms with E-state index in [9.17, 15) is 5.11 Å². The number of nitrogens with two attached hydrogens (primary N) is 1. The summed E-state index contributed by atoms with van der Waals surface area (Å²) in [5.41, 5.74) is 6.85. The summed E-state index contributed by atoms with van der Waals surface area (Å²) >= 11 is 5.90. The second kappa shape index (κ2) is 5.25. The molecule has 94 valence electrons. The Morgan fingerprint density at radius 2 is 2.29 bits per heavy atom. The minimum atomic E-state index is 0.143. The van der Waals surface area contributed by atoms with E-state index in [-0.39, 0.29) is 5.75 Å². The molecule has 0 radical (unpaired) electrons. The Bertz CT molecular complexity index is 397. The van der Waals surface area contributed by atoms with Crippen LogP contribution in [0.2, 0.25) is 5.02 Å². The maximum absolute atomic E-state index is 9.37. The maximum Gasteiger partial charge on any atom is 0.134 e. The molecule has 0 amide bonds. The van der Waals surface area contributed by atoms with Crippen LogP contribution in [0.5, 0.6) is 5.75 Å². The van der Waals surface area contributed by atoms with Gasteiger partial charge in [0.2, 0.25) is 0 Å². The molecule has 3 nitrogen and oxygen atoms in total. The fourth-order valence-corrected chi connectivity index (χ4v) is 2.70. The molecular weight excluding hydrogens is 236 g/mol. The summed E-state index contributed by atoms with van der Waals surface area (Å²) in [7, 11) is 0. The number of likely N-dealkylation sites (tertiary alicyclic amines) is 1. The van der Waals surface area contributed by atoms with Crippen molar-refractivity contribution in [3.8, 4) is 5.75 Å². The van der Waals surface area contributed by atoms with Crippen LogP contribution in [-0.4, -0.2) is 29.1 Å². The van der Waals surface area contributed by atoms with Crippen molar-refractivity contribution in [2.45, 2.75) is 25.9 Å². The molecule has 1 aromatic carbocycles. The SMILES string of the molecule is CC1CC(CN)CN1Cc1ccc(O)c(Cl)c1. The van der Waals surface area contributed by atoms with Gasteiger partial charge in [0.05, 0.1) is 5.02 Å². The van der Waals surface area contributed by atoms with Crippen LogP contribution in [0.15, 0.2) is 18.2 Å². The monoisotopic (exact) mass is 254 g/mol. The molecule has 1 heterocycles. The molecule has 1 aliphatic heterocycles. The molecule has 0 spiro atoms. The van der Waals surface area contributed by atoms with Gasteiger partial charge in [0.1, 0.15) is 5.75 Å². The second-order valence-electron chi connectivity index (χ2n) is 4.90. The van der Waals surface area contributed by atoms with Gasteiger partial charge >= 0.3 is 0 Å². The smallest absolute Gasteiger partial charge is 0.134 e. The molecule has 2 atom stereocenters. The zero-order valence-electron chi connectivity index (χ0n) is 10.1. The van der Waals surface area contributed by atoms with Crippen LogP contribution < -0.4 is 5.73 Å². The van der Waals surface area contributed by atoms with Crippen molar-refractivity contribution in [2.24, 2.45) is 11.7 Å². The van der Waals surface area contributed by atoms with Crippen molar-refractivity contribution in [3.63, 3.8) is 0 Å². The zero-order valence-corrected chi connectivity index (χ0v) is 10.8. The first-order valence-corrected chi connectivity index (χ1v) is 6.39. The first kappa shape index (κ1) is 12.7. The van der Waals surface area contributed by atoms with Gasteiger partial charge in [-0.1, -0.05) is 17.7 Å². The van der Waals surface area contributed by atoms with E-state index in [0.717, 1.165) is 25.2 Å². The highest BCUT2D eigenvalue weighted by Crippen LogP contribution is 2.27. The molecule has 0 bridgehead atoms. The maximum atomic E-state index is 9.37. The van der Waals surface area contributed by atoms with Crippen molar-refractivity contribution < 1.29 is 5.11 Å². The number of nitrogens with zero attached hydrogens (tertiary/aromatic N) is 1. The minimum absolute atomic E-state index is 0.143. The fraction of sp³-hybridized carbons (Fsp3) is 0.538. The first-order valence-electron chi connectivity index (χ1n) is 6.01. The third-order valence-corrected chi connectivity index (χ3v) is 3.82. The van der Waals surface area contributed by atoms with Crippen molar-refractivity contribution in [1.82, 2.24) is 4.90 Å². The van der Waals surface area contributed by atoms with Crippen molar-refractivity contribution >= 4 is 11.6 Å². The van der Waals surface area contributed by atoms with Crippen LogP contribution in [0, 0.1) is 5.92 Å². The lowest BCUT2D eigenvalue weighted by Crippen LogP contribution is -2.27. The Kier molecular flexibility index (Phi) is 3.92. The van der Waals surface area contributed by atoms with E-state index < -0.39 is 0 Å². The van der Waals surface area contributed by atoms with Crippen molar-refractivity contribution in [1.29, 1.82) is 0 Å². The van der Waals surface area contributed by atoms with Crippen LogP contribution in [0.25, 0.3) is 0 Å². The number of hydrogen-bond donors (Lipinski definition) is 2. The molecule has 3 N–H and O–H groups in total. The van der Waals surface area contributed by atoms with Crippen LogP contribution in [0.4, 0.5) is 0 Å². The molecule has 17 heavy (non-hydrogen) atoms. The van der Waals surface area contributed by atoms with Gasteiger partial charge in [-0.15, -0.1) is 0 Å². The fourth-order valence-electron chi connectivity index (χ4n) is 2.49. The van der Waals surface area contributed by atoms with Crippen molar-refractivity contribution in [3.05, 3.63) is 28.8 Å². The molecule has 0 aliphatic carbocycles. The molecule has 4 heteroatoms. The summed E-state index contributed by atoms with van der Waals surface area (Å²) in [4.78, 5) is 2.42. The van der Waals surface area contributed by atoms with Gasteiger partial charge in [-0.3, -0.25) is 4.90 Å². The number of benzene rings is 1. The number of phenols is 1. The van der Waals surface area contributed by atoms with Gasteiger partial charge in [0.25, 0.3) is 0 Å². The number of hydrogen-bond acceptors (Lipinski definition) is 3. The quantitative estimate of drug-likeness (QED) is 0.870. The zero-order chi connectivity index (χ0) is 12.4. The number of aromatic hydroxyl groups is 1. The molecule has 1 aromatic rings. The van der Waals surface area contributed by atoms with Gasteiger partial charge in [-0.2, -0.15) is 0 Å². The Balaban J connectivity index is 2.03. The Morgan fingerprint density at radius 1 is 1.53 bits per heavy atom. The first-order chi connectivity index (χ1) is 8.10. The standard InChI is InChI=1S/C13H19ClN2O/c1-9-4-11(6-15)8-16(9)7-10-2-3-13(17)12(14)5-10/h2-3,5,9,11,17H,4,6-8,15H2,1H3. The second-order valence-corrected chi connectivity index (χ2v) is 5.31. The molecular formula is C13H19ClN2O. The largest absolute Gasteiger partial charge is 0.506 e. The summed E-state index contributed by atoms with van der Waals surface area (Å²) in [6.45, 7) is 4.92. The summed E-state index contributed by atoms with van der Waals surface area (Å²) in [5, 5.41) is 9.80. The van der Waals surface area contributed by atoms with Gasteiger partial charge in [-0.05, 0) is 43.5 Å². The Hall–Kier alpha value is -0.770. The molecule has 2 rings (SSSR count). The molecule has 0 aromatic heterocycles. The predicted molar refractivity (Wildman–Crippen MR) is 70.2 cm³/mol. The van der Waals surface area contributed by atoms with Crippen LogP contribution in [0.3, 0.4) is 0 Å². The average Bonchev–Trinajstić information content (AvgIpc) is 2.65. The molecule has 2 unspecified atom stereocenters. The van der Waals surface area contributed by atoms with Crippen LogP contribution >= 0.6 is 11.6 Å². The molecule has 1 saturated heterocycles. The van der Waals surface area contributed by atoms with E-state index in [2.05, 4.69) is 11.8 Å². The van der Waals surface area contributed by atoms with E-state index in [0.29, 0.717) is 17.0 Å². The van der Waals surface area contributed by atoms with Crippen LogP contribution in [-0.2, 0) is 6.54 Å². The number of halogens is 1. The van der Waals surface area contributed by atoms with E-state index in [1.54, 1.807) is 6.07 Å². The van der Waals surface area contributed by atoms with Gasteiger partial charge in [-0.25, -0.2) is 0 Å². The number of phenolic OH excluding ortho intramolecular Hbond substituents is 1. The lowest BCUT2D eigenvalue weighted by atomic mass is 10.1. The third-order valence-electron chi connectivity index (χ3n) is 3.52. The van der Waals surface area contributed by atoms with E-state index in [4.69, 9.17) is 17.3 Å². The topological polar surface area (TPSA) is 49.5 Å². The summed E-state index contributed by atoms with van der Waals surface area (Å²) < 4.78 is 0. The van der Waals surface area contributed by atoms with Gasteiger partial charge < -0.3 is 10.8 Å². The summed E-state index contributed by atoms with van der Waals surface area (Å²) in [5.74, 6) is 0.752. The Morgan fingerprint density at radius 3 is 2.88 bits per heavy atom. The molecule has 0 saturated carbocycles. The Labute approximate surface area is 107 Å². The van der Waals surface area contributed by atoms with E-state index >= 15 is 0 Å². The lowest BCUT2D eigenvalue weighted by molar-refractivity contribution is 0.256. The predicted octanol–water partition coefficient (Wildman–Crippen LogP) is 2.21. The summed E-state index contributed by atoms with van der Waals surface area (Å²) in [6.07, 6.45) is 1.17. The third kappa shape index (κ3) is 2.92. The number of rotatable bonds is 3. The summed E-state index contributed by atoms with van der Waals surface area (Å²) in [6, 6.07) is 5.97. The van der Waals surface area contributed by atoms with Gasteiger partial charge in [0, 0.05) is 19.1 Å². The van der Waals surface area contributed by atoms with E-state index in [1.165, 1.54) is 6.42 Å². The van der Waals surface area contributed by atoms with Crippen LogP contribution in [0.1, 0.15) is 18.9 Å². The average molecular weight is 255 g/mol. The lowest BCUT2D eigenvalue weighted by Gasteiger charge is -2.21. The minimum Gasteiger partial charge on any atom is -0.506 e. The van der Waals surface area contributed by atoms with Gasteiger partial charge in [0.15, 0.2) is 0 Å².